The summed E-state index contributed by atoms with van der Waals surface area (Å²) in [4.78, 5) is 24.6. The molecule has 3 aromatic rings. The number of aromatic nitrogens is 3. The normalized spacial score (nSPS) is 10.8. The van der Waals surface area contributed by atoms with E-state index in [4.69, 9.17) is 14.6 Å². The molecular formula is C19H19N3O6. The third kappa shape index (κ3) is 3.52. The fourth-order valence-corrected chi connectivity index (χ4v) is 2.81. The summed E-state index contributed by atoms with van der Waals surface area (Å²) in [6.07, 6.45) is 0.820. The van der Waals surface area contributed by atoms with Gasteiger partial charge in [-0.2, -0.15) is 0 Å². The Labute approximate surface area is 160 Å². The average Bonchev–Trinajstić information content (AvgIpc) is 3.11. The van der Waals surface area contributed by atoms with E-state index in [0.29, 0.717) is 29.3 Å². The van der Waals surface area contributed by atoms with Crippen molar-refractivity contribution in [3.8, 4) is 17.2 Å². The molecule has 0 aliphatic heterocycles. The highest BCUT2D eigenvalue weighted by Crippen LogP contribution is 2.29. The van der Waals surface area contributed by atoms with Crippen molar-refractivity contribution in [2.45, 2.75) is 13.3 Å². The molecular weight excluding hydrogens is 366 g/mol. The molecule has 0 aliphatic carbocycles. The van der Waals surface area contributed by atoms with E-state index in [-0.39, 0.29) is 41.5 Å². The third-order valence-electron chi connectivity index (χ3n) is 4.12. The molecule has 0 fully saturated rings. The number of carbonyl (C=O) groups excluding carboxylic acids is 2. The molecule has 146 valence electrons. The van der Waals surface area contributed by atoms with Gasteiger partial charge in [-0.1, -0.05) is 0 Å². The molecule has 0 bridgehead atoms. The number of hydrogen-bond acceptors (Lipinski definition) is 8. The van der Waals surface area contributed by atoms with Crippen molar-refractivity contribution in [3.05, 3.63) is 41.0 Å². The van der Waals surface area contributed by atoms with Crippen molar-refractivity contribution in [3.63, 3.8) is 0 Å². The van der Waals surface area contributed by atoms with Crippen LogP contribution in [0.4, 0.5) is 0 Å². The molecule has 9 heteroatoms. The molecule has 0 saturated heterocycles. The lowest BCUT2D eigenvalue weighted by Crippen LogP contribution is -2.06. The van der Waals surface area contributed by atoms with Gasteiger partial charge in [0.05, 0.1) is 19.3 Å². The number of fused-ring (bicyclic) bond motifs is 1. The molecule has 0 spiro atoms. The van der Waals surface area contributed by atoms with E-state index in [1.165, 1.54) is 24.0 Å². The van der Waals surface area contributed by atoms with Gasteiger partial charge in [-0.15, -0.1) is 15.0 Å². The summed E-state index contributed by atoms with van der Waals surface area (Å²) in [6, 6.07) is 6.11. The van der Waals surface area contributed by atoms with Crippen LogP contribution in [0, 0.1) is 0 Å². The van der Waals surface area contributed by atoms with Gasteiger partial charge >= 0.3 is 5.97 Å². The third-order valence-corrected chi connectivity index (χ3v) is 4.12. The van der Waals surface area contributed by atoms with E-state index in [9.17, 15) is 14.7 Å². The van der Waals surface area contributed by atoms with Gasteiger partial charge in [0.25, 0.3) is 0 Å². The summed E-state index contributed by atoms with van der Waals surface area (Å²) >= 11 is 0. The number of hydrogen-bond donors (Lipinski definition) is 2. The molecule has 0 radical (unpaired) electrons. The lowest BCUT2D eigenvalue weighted by molar-refractivity contribution is 0.0523. The van der Waals surface area contributed by atoms with Gasteiger partial charge in [-0.25, -0.2) is 4.79 Å². The van der Waals surface area contributed by atoms with Crippen molar-refractivity contribution in [1.82, 2.24) is 15.0 Å². The van der Waals surface area contributed by atoms with Crippen LogP contribution in [0.1, 0.15) is 33.2 Å². The van der Waals surface area contributed by atoms with E-state index in [1.54, 1.807) is 19.1 Å². The maximum Gasteiger partial charge on any atom is 0.341 e. The maximum absolute atomic E-state index is 12.1. The number of phenols is 1. The highest BCUT2D eigenvalue weighted by molar-refractivity contribution is 5.97. The topological polar surface area (TPSA) is 124 Å². The first-order chi connectivity index (χ1) is 13.5. The Kier molecular flexibility index (Phi) is 5.55. The molecule has 0 unspecified atom stereocenters. The number of methoxy groups -OCH3 is 1. The smallest absolute Gasteiger partial charge is 0.341 e. The van der Waals surface area contributed by atoms with Crippen molar-refractivity contribution in [2.24, 2.45) is 0 Å². The summed E-state index contributed by atoms with van der Waals surface area (Å²) in [5.74, 6) is -0.550. The molecule has 2 N–H and O–H groups in total. The van der Waals surface area contributed by atoms with Gasteiger partial charge in [-0.3, -0.25) is 4.79 Å². The Morgan fingerprint density at radius 2 is 1.93 bits per heavy atom. The van der Waals surface area contributed by atoms with Crippen LogP contribution >= 0.6 is 0 Å². The number of aliphatic hydroxyl groups is 1. The molecule has 0 aliphatic rings. The molecule has 28 heavy (non-hydrogen) atoms. The first-order valence-corrected chi connectivity index (χ1v) is 8.56. The molecule has 0 amide bonds. The molecule has 3 rings (SSSR count). The maximum atomic E-state index is 12.1. The largest absolute Gasteiger partial charge is 0.505 e. The standard InChI is InChI=1S/C19H19N3O6/c1-3-28-19(26)13-8-14-15(9-17(13)27-2)21-22(20-14)16-7-11(4-5-23)6-12(10-24)18(16)25/h6-10,23,25H,3-5H2,1-2H3. The number of phenolic OH excluding ortho intramolecular Hbond substituents is 1. The first-order valence-electron chi connectivity index (χ1n) is 8.56. The molecule has 0 saturated carbocycles. The van der Waals surface area contributed by atoms with Crippen LogP contribution in [-0.2, 0) is 11.2 Å². The number of aliphatic hydroxyl groups excluding tert-OH is 1. The summed E-state index contributed by atoms with van der Waals surface area (Å²) < 4.78 is 10.3. The van der Waals surface area contributed by atoms with E-state index in [2.05, 4.69) is 10.2 Å². The Morgan fingerprint density at radius 3 is 2.54 bits per heavy atom. The molecule has 2 aromatic carbocycles. The number of aromatic hydroxyl groups is 1. The zero-order valence-electron chi connectivity index (χ0n) is 15.4. The predicted octanol–water partition coefficient (Wildman–Crippen LogP) is 1.66. The van der Waals surface area contributed by atoms with Gasteiger partial charge in [0.1, 0.15) is 28.0 Å². The Morgan fingerprint density at radius 1 is 1.21 bits per heavy atom. The number of ether oxygens (including phenoxy) is 2. The minimum Gasteiger partial charge on any atom is -0.505 e. The Hall–Kier alpha value is -3.46. The van der Waals surface area contributed by atoms with Gasteiger partial charge in [0.2, 0.25) is 0 Å². The van der Waals surface area contributed by atoms with E-state index in [1.807, 2.05) is 0 Å². The summed E-state index contributed by atoms with van der Waals surface area (Å²) in [6.45, 7) is 1.80. The fourth-order valence-electron chi connectivity index (χ4n) is 2.81. The highest BCUT2D eigenvalue weighted by Gasteiger charge is 2.19. The van der Waals surface area contributed by atoms with E-state index in [0.717, 1.165) is 0 Å². The minimum absolute atomic E-state index is 0.0621. The number of benzene rings is 2. The van der Waals surface area contributed by atoms with Crippen LogP contribution in [-0.4, -0.2) is 57.8 Å². The first kappa shape index (κ1) is 19.3. The quantitative estimate of drug-likeness (QED) is 0.465. The number of carbonyl (C=O) groups is 2. The monoisotopic (exact) mass is 385 g/mol. The molecule has 0 atom stereocenters. The molecule has 9 nitrogen and oxygen atoms in total. The second-order valence-electron chi connectivity index (χ2n) is 5.90. The highest BCUT2D eigenvalue weighted by atomic mass is 16.5. The zero-order valence-corrected chi connectivity index (χ0v) is 15.4. The second kappa shape index (κ2) is 8.05. The summed E-state index contributed by atoms with van der Waals surface area (Å²) in [7, 11) is 1.43. The van der Waals surface area contributed by atoms with Gasteiger partial charge in [0, 0.05) is 12.7 Å². The van der Waals surface area contributed by atoms with E-state index < -0.39 is 5.97 Å². The van der Waals surface area contributed by atoms with Crippen molar-refractivity contribution in [2.75, 3.05) is 20.3 Å². The number of nitrogens with zero attached hydrogens (tertiary/aromatic N) is 3. The number of esters is 1. The van der Waals surface area contributed by atoms with Crippen LogP contribution in [0.3, 0.4) is 0 Å². The van der Waals surface area contributed by atoms with Crippen LogP contribution < -0.4 is 4.74 Å². The van der Waals surface area contributed by atoms with Gasteiger partial charge < -0.3 is 19.7 Å². The Bertz CT molecular complexity index is 1040. The fraction of sp³-hybridized carbons (Fsp3) is 0.263. The van der Waals surface area contributed by atoms with Gasteiger partial charge in [0.15, 0.2) is 12.0 Å². The predicted molar refractivity (Wildman–Crippen MR) is 99.2 cm³/mol. The molecule has 1 heterocycles. The van der Waals surface area contributed by atoms with Crippen molar-refractivity contribution in [1.29, 1.82) is 0 Å². The lowest BCUT2D eigenvalue weighted by atomic mass is 10.1. The zero-order chi connectivity index (χ0) is 20.3. The summed E-state index contributed by atoms with van der Waals surface area (Å²) in [5, 5.41) is 28.2. The SMILES string of the molecule is CCOC(=O)c1cc2nn(-c3cc(CCO)cc(C=O)c3O)nc2cc1OC. The number of aldehydes is 1. The molecule has 1 aromatic heterocycles. The second-order valence-corrected chi connectivity index (χ2v) is 5.90. The van der Waals surface area contributed by atoms with E-state index >= 15 is 0 Å². The van der Waals surface area contributed by atoms with Crippen LogP contribution in [0.2, 0.25) is 0 Å². The van der Waals surface area contributed by atoms with Crippen LogP contribution in [0.5, 0.6) is 11.5 Å². The van der Waals surface area contributed by atoms with Crippen molar-refractivity contribution >= 4 is 23.3 Å². The Balaban J connectivity index is 2.16. The van der Waals surface area contributed by atoms with Crippen molar-refractivity contribution < 1.29 is 29.3 Å². The lowest BCUT2D eigenvalue weighted by Gasteiger charge is -2.08. The minimum atomic E-state index is -0.549. The van der Waals surface area contributed by atoms with Crippen LogP contribution in [0.25, 0.3) is 16.7 Å². The number of rotatable bonds is 7. The summed E-state index contributed by atoms with van der Waals surface area (Å²) in [5.41, 5.74) is 1.89. The van der Waals surface area contributed by atoms with Gasteiger partial charge in [-0.05, 0) is 37.1 Å². The average molecular weight is 385 g/mol. The van der Waals surface area contributed by atoms with Crippen LogP contribution in [0.15, 0.2) is 24.3 Å².